The predicted octanol–water partition coefficient (Wildman–Crippen LogP) is 2.08. The molecule has 1 atom stereocenters. The minimum absolute atomic E-state index is 0.174. The number of hydrogen-bond donors (Lipinski definition) is 1. The highest BCUT2D eigenvalue weighted by atomic mass is 16.5. The van der Waals surface area contributed by atoms with Gasteiger partial charge in [0.15, 0.2) is 5.75 Å². The summed E-state index contributed by atoms with van der Waals surface area (Å²) in [6, 6.07) is 0.174. The van der Waals surface area contributed by atoms with Gasteiger partial charge in [0.1, 0.15) is 11.8 Å². The van der Waals surface area contributed by atoms with Crippen molar-refractivity contribution in [3.63, 3.8) is 0 Å². The third-order valence-corrected chi connectivity index (χ3v) is 3.87. The van der Waals surface area contributed by atoms with Crippen molar-refractivity contribution < 1.29 is 14.6 Å². The van der Waals surface area contributed by atoms with Gasteiger partial charge in [-0.2, -0.15) is 5.10 Å². The van der Waals surface area contributed by atoms with Crippen molar-refractivity contribution in [2.75, 3.05) is 14.2 Å². The van der Waals surface area contributed by atoms with Gasteiger partial charge in [-0.05, 0) is 33.1 Å². The second-order valence-electron chi connectivity index (χ2n) is 5.16. The van der Waals surface area contributed by atoms with Crippen LogP contribution in [0.5, 0.6) is 5.75 Å². The van der Waals surface area contributed by atoms with E-state index in [9.17, 15) is 5.11 Å². The van der Waals surface area contributed by atoms with Gasteiger partial charge in [-0.1, -0.05) is 0 Å². The Labute approximate surface area is 108 Å². The Bertz CT molecular complexity index is 405. The maximum absolute atomic E-state index is 10.7. The Hall–Kier alpha value is -1.07. The van der Waals surface area contributed by atoms with Crippen LogP contribution in [-0.2, 0) is 4.74 Å². The van der Waals surface area contributed by atoms with E-state index in [1.807, 2.05) is 18.5 Å². The van der Waals surface area contributed by atoms with Gasteiger partial charge in [0.05, 0.1) is 18.9 Å². The first-order valence-corrected chi connectivity index (χ1v) is 6.40. The molecule has 0 saturated heterocycles. The van der Waals surface area contributed by atoms with Crippen LogP contribution in [-0.4, -0.2) is 34.7 Å². The zero-order chi connectivity index (χ0) is 13.3. The summed E-state index contributed by atoms with van der Waals surface area (Å²) in [4.78, 5) is 0. The number of methoxy groups -OCH3 is 2. The van der Waals surface area contributed by atoms with Gasteiger partial charge < -0.3 is 14.6 Å². The molecule has 18 heavy (non-hydrogen) atoms. The van der Waals surface area contributed by atoms with Crippen molar-refractivity contribution in [2.45, 2.75) is 50.9 Å². The van der Waals surface area contributed by atoms with Crippen LogP contribution in [0.1, 0.15) is 50.9 Å². The number of ether oxygens (including phenoxy) is 2. The lowest BCUT2D eigenvalue weighted by atomic mass is 9.74. The van der Waals surface area contributed by atoms with Crippen molar-refractivity contribution in [3.8, 4) is 5.75 Å². The zero-order valence-corrected chi connectivity index (χ0v) is 11.5. The van der Waals surface area contributed by atoms with E-state index in [4.69, 9.17) is 9.47 Å². The van der Waals surface area contributed by atoms with Crippen LogP contribution in [0.15, 0.2) is 6.20 Å². The molecule has 0 aromatic carbocycles. The molecule has 5 nitrogen and oxygen atoms in total. The van der Waals surface area contributed by atoms with Gasteiger partial charge >= 0.3 is 0 Å². The Morgan fingerprint density at radius 2 is 2.06 bits per heavy atom. The van der Waals surface area contributed by atoms with Gasteiger partial charge in [-0.3, -0.25) is 4.68 Å². The molecule has 1 heterocycles. The summed E-state index contributed by atoms with van der Waals surface area (Å²) in [6.07, 6.45) is 3.79. The molecule has 5 heteroatoms. The number of hydrogen-bond acceptors (Lipinski definition) is 4. The minimum atomic E-state index is -0.698. The molecule has 1 N–H and O–H groups in total. The number of rotatable bonds is 5. The van der Waals surface area contributed by atoms with Gasteiger partial charge in [-0.25, -0.2) is 0 Å². The Morgan fingerprint density at radius 3 is 2.44 bits per heavy atom. The molecule has 102 valence electrons. The summed E-state index contributed by atoms with van der Waals surface area (Å²) in [5.41, 5.74) is 0.244. The smallest absolute Gasteiger partial charge is 0.162 e. The Balaban J connectivity index is 2.39. The van der Waals surface area contributed by atoms with E-state index in [1.165, 1.54) is 0 Å². The molecule has 0 bridgehead atoms. The normalized spacial score (nSPS) is 19.7. The average Bonchev–Trinajstić information content (AvgIpc) is 2.71. The molecule has 1 aliphatic rings. The minimum Gasteiger partial charge on any atom is -0.493 e. The van der Waals surface area contributed by atoms with E-state index < -0.39 is 11.7 Å². The number of aliphatic hydroxyl groups is 1. The highest BCUT2D eigenvalue weighted by Crippen LogP contribution is 2.47. The van der Waals surface area contributed by atoms with E-state index in [-0.39, 0.29) is 6.04 Å². The van der Waals surface area contributed by atoms with Crippen molar-refractivity contribution in [3.05, 3.63) is 11.9 Å². The van der Waals surface area contributed by atoms with Gasteiger partial charge in [0.25, 0.3) is 0 Å². The molecular weight excluding hydrogens is 232 g/mol. The average molecular weight is 254 g/mol. The Kier molecular flexibility index (Phi) is 3.64. The largest absolute Gasteiger partial charge is 0.493 e. The highest BCUT2D eigenvalue weighted by molar-refractivity contribution is 5.30. The van der Waals surface area contributed by atoms with Crippen LogP contribution in [0.4, 0.5) is 0 Å². The highest BCUT2D eigenvalue weighted by Gasteiger charge is 2.47. The van der Waals surface area contributed by atoms with E-state index >= 15 is 0 Å². The third kappa shape index (κ3) is 1.91. The van der Waals surface area contributed by atoms with E-state index in [1.54, 1.807) is 20.4 Å². The summed E-state index contributed by atoms with van der Waals surface area (Å²) in [6.45, 7) is 4.06. The molecule has 1 aromatic heterocycles. The second kappa shape index (κ2) is 4.90. The maximum Gasteiger partial charge on any atom is 0.162 e. The molecule has 2 rings (SSSR count). The van der Waals surface area contributed by atoms with Gasteiger partial charge in [-0.15, -0.1) is 0 Å². The molecule has 1 saturated carbocycles. The van der Waals surface area contributed by atoms with Gasteiger partial charge in [0, 0.05) is 13.2 Å². The first-order valence-electron chi connectivity index (χ1n) is 6.40. The van der Waals surface area contributed by atoms with E-state index in [2.05, 4.69) is 5.10 Å². The third-order valence-electron chi connectivity index (χ3n) is 3.87. The SMILES string of the molecule is COc1cnn(C(C)C)c1C(O)C1(OC)CCC1. The summed E-state index contributed by atoms with van der Waals surface area (Å²) < 4.78 is 12.7. The molecule has 0 radical (unpaired) electrons. The van der Waals surface area contributed by atoms with E-state index in [0.717, 1.165) is 19.3 Å². The topological polar surface area (TPSA) is 56.5 Å². The maximum atomic E-state index is 10.7. The van der Waals surface area contributed by atoms with Crippen LogP contribution >= 0.6 is 0 Å². The molecule has 1 unspecified atom stereocenters. The standard InChI is InChI=1S/C13H22N2O3/c1-9(2)15-11(10(17-3)8-14-15)12(16)13(18-4)6-5-7-13/h8-9,12,16H,5-7H2,1-4H3. The summed E-state index contributed by atoms with van der Waals surface area (Å²) in [5, 5.41) is 14.9. The first kappa shape index (κ1) is 13.4. The van der Waals surface area contributed by atoms with Crippen LogP contribution < -0.4 is 4.74 Å². The molecule has 0 aliphatic heterocycles. The number of aromatic nitrogens is 2. The van der Waals surface area contributed by atoms with Crippen molar-refractivity contribution >= 4 is 0 Å². The molecule has 1 aliphatic carbocycles. The lowest BCUT2D eigenvalue weighted by Gasteiger charge is -2.44. The quantitative estimate of drug-likeness (QED) is 0.874. The van der Waals surface area contributed by atoms with Crippen LogP contribution in [0, 0.1) is 0 Å². The molecule has 1 aromatic rings. The fourth-order valence-corrected chi connectivity index (χ4v) is 2.55. The van der Waals surface area contributed by atoms with Crippen LogP contribution in [0.3, 0.4) is 0 Å². The van der Waals surface area contributed by atoms with Crippen LogP contribution in [0.25, 0.3) is 0 Å². The molecule has 0 spiro atoms. The van der Waals surface area contributed by atoms with Crippen molar-refractivity contribution in [2.24, 2.45) is 0 Å². The monoisotopic (exact) mass is 254 g/mol. The second-order valence-corrected chi connectivity index (χ2v) is 5.16. The number of nitrogens with zero attached hydrogens (tertiary/aromatic N) is 2. The molecular formula is C13H22N2O3. The molecule has 0 amide bonds. The van der Waals surface area contributed by atoms with Crippen molar-refractivity contribution in [1.82, 2.24) is 9.78 Å². The summed E-state index contributed by atoms with van der Waals surface area (Å²) >= 11 is 0. The number of aliphatic hydroxyl groups excluding tert-OH is 1. The Morgan fingerprint density at radius 1 is 1.39 bits per heavy atom. The van der Waals surface area contributed by atoms with E-state index in [0.29, 0.717) is 11.4 Å². The predicted molar refractivity (Wildman–Crippen MR) is 67.7 cm³/mol. The first-order chi connectivity index (χ1) is 8.55. The van der Waals surface area contributed by atoms with Gasteiger partial charge in [0.2, 0.25) is 0 Å². The fourth-order valence-electron chi connectivity index (χ4n) is 2.55. The molecule has 1 fully saturated rings. The lowest BCUT2D eigenvalue weighted by Crippen LogP contribution is -2.45. The fraction of sp³-hybridized carbons (Fsp3) is 0.769. The van der Waals surface area contributed by atoms with Crippen molar-refractivity contribution in [1.29, 1.82) is 0 Å². The summed E-state index contributed by atoms with van der Waals surface area (Å²) in [7, 11) is 3.25. The lowest BCUT2D eigenvalue weighted by molar-refractivity contribution is -0.154. The zero-order valence-electron chi connectivity index (χ0n) is 11.5. The summed E-state index contributed by atoms with van der Waals surface area (Å²) in [5.74, 6) is 0.625. The van der Waals surface area contributed by atoms with Crippen LogP contribution in [0.2, 0.25) is 0 Å².